The minimum atomic E-state index is 1.00. The maximum Gasteiger partial charge on any atom is -0.00147 e. The average Bonchev–Trinajstić information content (AvgIpc) is 2.35. The van der Waals surface area contributed by atoms with Gasteiger partial charge in [0.2, 0.25) is 0 Å². The first-order valence-corrected chi connectivity index (χ1v) is 4.08. The van der Waals surface area contributed by atoms with Crippen LogP contribution in [0, 0.1) is 17.8 Å². The van der Waals surface area contributed by atoms with Gasteiger partial charge in [-0.25, -0.2) is 0 Å². The summed E-state index contributed by atoms with van der Waals surface area (Å²) in [7, 11) is 0. The molecular weight excluding hydrogens is 110 g/mol. The molecule has 1 heterocycles. The SMILES string of the molecule is C[C@@H]1CC[C@@H]2CNC[C@@H]21. The molecule has 1 N–H and O–H groups in total. The molecule has 2 fully saturated rings. The van der Waals surface area contributed by atoms with Crippen LogP contribution >= 0.6 is 0 Å². The second-order valence-electron chi connectivity index (χ2n) is 3.64. The summed E-state index contributed by atoms with van der Waals surface area (Å²) in [5.41, 5.74) is 0. The van der Waals surface area contributed by atoms with Crippen molar-refractivity contribution in [1.29, 1.82) is 0 Å². The normalized spacial score (nSPS) is 49.7. The number of hydrogen-bond donors (Lipinski definition) is 1. The third kappa shape index (κ3) is 0.787. The van der Waals surface area contributed by atoms with Crippen LogP contribution in [-0.2, 0) is 0 Å². The lowest BCUT2D eigenvalue weighted by Gasteiger charge is -2.10. The van der Waals surface area contributed by atoms with Crippen LogP contribution in [0.25, 0.3) is 0 Å². The van der Waals surface area contributed by atoms with Gasteiger partial charge in [-0.2, -0.15) is 0 Å². The molecular formula is C8H15N. The summed E-state index contributed by atoms with van der Waals surface area (Å²) in [5.74, 6) is 3.08. The zero-order valence-corrected chi connectivity index (χ0v) is 6.06. The van der Waals surface area contributed by atoms with Gasteiger partial charge in [-0.1, -0.05) is 13.3 Å². The van der Waals surface area contributed by atoms with Crippen LogP contribution in [0.2, 0.25) is 0 Å². The fourth-order valence-corrected chi connectivity index (χ4v) is 2.43. The highest BCUT2D eigenvalue weighted by atomic mass is 14.9. The largest absolute Gasteiger partial charge is 0.316 e. The molecule has 1 heteroatoms. The van der Waals surface area contributed by atoms with Crippen molar-refractivity contribution in [3.63, 3.8) is 0 Å². The van der Waals surface area contributed by atoms with Gasteiger partial charge in [-0.15, -0.1) is 0 Å². The molecule has 1 saturated heterocycles. The lowest BCUT2D eigenvalue weighted by atomic mass is 9.94. The Bertz CT molecular complexity index is 111. The minimum Gasteiger partial charge on any atom is -0.316 e. The maximum atomic E-state index is 3.45. The van der Waals surface area contributed by atoms with Gasteiger partial charge < -0.3 is 5.32 Å². The second kappa shape index (κ2) is 1.98. The van der Waals surface area contributed by atoms with Crippen LogP contribution in [0.1, 0.15) is 19.8 Å². The third-order valence-corrected chi connectivity index (χ3v) is 3.12. The summed E-state index contributed by atoms with van der Waals surface area (Å²) < 4.78 is 0. The fourth-order valence-electron chi connectivity index (χ4n) is 2.43. The average molecular weight is 125 g/mol. The molecule has 0 aromatic heterocycles. The Morgan fingerprint density at radius 1 is 1.22 bits per heavy atom. The molecule has 1 saturated carbocycles. The second-order valence-corrected chi connectivity index (χ2v) is 3.64. The van der Waals surface area contributed by atoms with Gasteiger partial charge in [-0.05, 0) is 37.3 Å². The molecule has 52 valence electrons. The van der Waals surface area contributed by atoms with Crippen molar-refractivity contribution >= 4 is 0 Å². The third-order valence-electron chi connectivity index (χ3n) is 3.12. The molecule has 0 radical (unpaired) electrons. The summed E-state index contributed by atoms with van der Waals surface area (Å²) in [4.78, 5) is 0. The lowest BCUT2D eigenvalue weighted by molar-refractivity contribution is 0.403. The van der Waals surface area contributed by atoms with Crippen LogP contribution in [0.3, 0.4) is 0 Å². The van der Waals surface area contributed by atoms with E-state index in [0.717, 1.165) is 17.8 Å². The number of rotatable bonds is 0. The molecule has 3 atom stereocenters. The molecule has 1 aliphatic carbocycles. The Morgan fingerprint density at radius 3 is 2.89 bits per heavy atom. The standard InChI is InChI=1S/C8H15N/c1-6-2-3-7-4-9-5-8(6)7/h6-9H,2-5H2,1H3/t6-,7-,8-/m1/s1. The highest BCUT2D eigenvalue weighted by Gasteiger charge is 2.36. The Balaban J connectivity index is 2.07. The van der Waals surface area contributed by atoms with Crippen molar-refractivity contribution in [1.82, 2.24) is 5.32 Å². The molecule has 0 aromatic rings. The Labute approximate surface area is 56.8 Å². The summed E-state index contributed by atoms with van der Waals surface area (Å²) in [6.45, 7) is 5.00. The van der Waals surface area contributed by atoms with E-state index in [2.05, 4.69) is 12.2 Å². The molecule has 0 aromatic carbocycles. The van der Waals surface area contributed by atoms with E-state index in [1.807, 2.05) is 0 Å². The van der Waals surface area contributed by atoms with Gasteiger partial charge in [0.25, 0.3) is 0 Å². The van der Waals surface area contributed by atoms with Crippen molar-refractivity contribution in [2.75, 3.05) is 13.1 Å². The molecule has 0 unspecified atom stereocenters. The van der Waals surface area contributed by atoms with Crippen LogP contribution in [0.5, 0.6) is 0 Å². The predicted octanol–water partition coefficient (Wildman–Crippen LogP) is 1.25. The first-order chi connectivity index (χ1) is 4.38. The minimum absolute atomic E-state index is 1.00. The van der Waals surface area contributed by atoms with E-state index in [-0.39, 0.29) is 0 Å². The number of fused-ring (bicyclic) bond motifs is 1. The van der Waals surface area contributed by atoms with Gasteiger partial charge in [0.15, 0.2) is 0 Å². The van der Waals surface area contributed by atoms with E-state index in [0.29, 0.717) is 0 Å². The van der Waals surface area contributed by atoms with Gasteiger partial charge in [0, 0.05) is 0 Å². The number of nitrogens with one attached hydrogen (secondary N) is 1. The Kier molecular flexibility index (Phi) is 1.26. The van der Waals surface area contributed by atoms with Crippen molar-refractivity contribution < 1.29 is 0 Å². The van der Waals surface area contributed by atoms with Gasteiger partial charge in [0.05, 0.1) is 0 Å². The first kappa shape index (κ1) is 5.72. The quantitative estimate of drug-likeness (QED) is 0.514. The number of hydrogen-bond acceptors (Lipinski definition) is 1. The van der Waals surface area contributed by atoms with Crippen molar-refractivity contribution in [2.45, 2.75) is 19.8 Å². The molecule has 0 bridgehead atoms. The van der Waals surface area contributed by atoms with E-state index >= 15 is 0 Å². The van der Waals surface area contributed by atoms with Gasteiger partial charge in [-0.3, -0.25) is 0 Å². The van der Waals surface area contributed by atoms with Gasteiger partial charge >= 0.3 is 0 Å². The molecule has 0 spiro atoms. The molecule has 2 aliphatic rings. The maximum absolute atomic E-state index is 3.45. The van der Waals surface area contributed by atoms with E-state index in [1.165, 1.54) is 25.9 Å². The summed E-state index contributed by atoms with van der Waals surface area (Å²) in [5, 5.41) is 3.45. The zero-order valence-electron chi connectivity index (χ0n) is 6.06. The van der Waals surface area contributed by atoms with Crippen LogP contribution in [0.4, 0.5) is 0 Å². The smallest absolute Gasteiger partial charge is 0.00147 e. The van der Waals surface area contributed by atoms with Crippen molar-refractivity contribution in [3.8, 4) is 0 Å². The van der Waals surface area contributed by atoms with Crippen LogP contribution < -0.4 is 5.32 Å². The van der Waals surface area contributed by atoms with E-state index < -0.39 is 0 Å². The highest BCUT2D eigenvalue weighted by Crippen LogP contribution is 2.38. The highest BCUT2D eigenvalue weighted by molar-refractivity contribution is 4.89. The molecule has 1 aliphatic heterocycles. The Morgan fingerprint density at radius 2 is 2.11 bits per heavy atom. The Hall–Kier alpha value is -0.0400. The predicted molar refractivity (Wildman–Crippen MR) is 38.2 cm³/mol. The van der Waals surface area contributed by atoms with Gasteiger partial charge in [0.1, 0.15) is 0 Å². The van der Waals surface area contributed by atoms with E-state index in [4.69, 9.17) is 0 Å². The lowest BCUT2D eigenvalue weighted by Crippen LogP contribution is -2.13. The van der Waals surface area contributed by atoms with E-state index in [1.54, 1.807) is 0 Å². The summed E-state index contributed by atoms with van der Waals surface area (Å²) in [6.07, 6.45) is 2.97. The molecule has 0 amide bonds. The monoisotopic (exact) mass is 125 g/mol. The first-order valence-electron chi connectivity index (χ1n) is 4.08. The summed E-state index contributed by atoms with van der Waals surface area (Å²) in [6, 6.07) is 0. The van der Waals surface area contributed by atoms with Crippen LogP contribution in [-0.4, -0.2) is 13.1 Å². The fraction of sp³-hybridized carbons (Fsp3) is 1.00. The molecule has 1 nitrogen and oxygen atoms in total. The van der Waals surface area contributed by atoms with Crippen molar-refractivity contribution in [3.05, 3.63) is 0 Å². The molecule has 9 heavy (non-hydrogen) atoms. The topological polar surface area (TPSA) is 12.0 Å². The zero-order chi connectivity index (χ0) is 6.27. The van der Waals surface area contributed by atoms with E-state index in [9.17, 15) is 0 Å². The van der Waals surface area contributed by atoms with Crippen LogP contribution in [0.15, 0.2) is 0 Å². The summed E-state index contributed by atoms with van der Waals surface area (Å²) >= 11 is 0. The molecule has 2 rings (SSSR count). The van der Waals surface area contributed by atoms with Crippen molar-refractivity contribution in [2.24, 2.45) is 17.8 Å².